The maximum atomic E-state index is 10.8. The van der Waals surface area contributed by atoms with Gasteiger partial charge in [-0.15, -0.1) is 11.3 Å². The molecule has 0 spiro atoms. The summed E-state index contributed by atoms with van der Waals surface area (Å²) in [5, 5.41) is 9.99. The molecule has 1 saturated carbocycles. The van der Waals surface area contributed by atoms with Crippen LogP contribution in [0.25, 0.3) is 0 Å². The van der Waals surface area contributed by atoms with E-state index in [1.807, 2.05) is 6.07 Å². The van der Waals surface area contributed by atoms with E-state index in [9.17, 15) is 4.79 Å². The normalized spacial score (nSPS) is 15.4. The van der Waals surface area contributed by atoms with Crippen LogP contribution >= 0.6 is 11.3 Å². The topological polar surface area (TPSA) is 40.5 Å². The van der Waals surface area contributed by atoms with Gasteiger partial charge in [-0.05, 0) is 44.7 Å². The number of carboxylic acid groups (broad SMARTS) is 1. The van der Waals surface area contributed by atoms with E-state index in [1.165, 1.54) is 24.2 Å². The van der Waals surface area contributed by atoms with Crippen LogP contribution < -0.4 is 4.90 Å². The lowest BCUT2D eigenvalue weighted by Crippen LogP contribution is -2.31. The number of rotatable bonds is 5. The van der Waals surface area contributed by atoms with Crippen molar-refractivity contribution in [3.63, 3.8) is 0 Å². The molecule has 1 aromatic rings. The third-order valence-corrected chi connectivity index (χ3v) is 3.97. The summed E-state index contributed by atoms with van der Waals surface area (Å²) in [5.74, 6) is -0.0100. The molecular formula is C12H17NO2S. The molecule has 0 amide bonds. The summed E-state index contributed by atoms with van der Waals surface area (Å²) in [5.41, 5.74) is 0. The molecular weight excluding hydrogens is 222 g/mol. The molecule has 1 heterocycles. The standard InChI is InChI=1S/C12H17NO2S/c1-8(2)13(7-9-3-4-9)11-6-5-10(16-11)12(14)15/h5-6,8-9H,3-4,7H2,1-2H3,(H,14,15). The molecule has 1 aliphatic rings. The van der Waals surface area contributed by atoms with Gasteiger partial charge in [-0.25, -0.2) is 4.79 Å². The Morgan fingerprint density at radius 3 is 2.69 bits per heavy atom. The van der Waals surface area contributed by atoms with Crippen molar-refractivity contribution in [2.24, 2.45) is 5.92 Å². The summed E-state index contributed by atoms with van der Waals surface area (Å²) < 4.78 is 0. The molecule has 2 rings (SSSR count). The molecule has 0 unspecified atom stereocenters. The Labute approximate surface area is 99.7 Å². The Bertz CT molecular complexity index is 382. The SMILES string of the molecule is CC(C)N(CC1CC1)c1ccc(C(=O)O)s1. The number of anilines is 1. The zero-order chi connectivity index (χ0) is 11.7. The van der Waals surface area contributed by atoms with Crippen LogP contribution in [0.3, 0.4) is 0 Å². The fraction of sp³-hybridized carbons (Fsp3) is 0.583. The van der Waals surface area contributed by atoms with Gasteiger partial charge in [0.25, 0.3) is 0 Å². The molecule has 4 heteroatoms. The van der Waals surface area contributed by atoms with E-state index in [2.05, 4.69) is 18.7 Å². The summed E-state index contributed by atoms with van der Waals surface area (Å²) in [6, 6.07) is 4.06. The second-order valence-corrected chi connectivity index (χ2v) is 5.69. The highest BCUT2D eigenvalue weighted by atomic mass is 32.1. The maximum absolute atomic E-state index is 10.8. The van der Waals surface area contributed by atoms with Crippen LogP contribution in [0.15, 0.2) is 12.1 Å². The summed E-state index contributed by atoms with van der Waals surface area (Å²) in [4.78, 5) is 13.6. The van der Waals surface area contributed by atoms with Crippen molar-refractivity contribution in [3.05, 3.63) is 17.0 Å². The zero-order valence-electron chi connectivity index (χ0n) is 9.64. The first-order valence-electron chi connectivity index (χ1n) is 5.67. The highest BCUT2D eigenvalue weighted by Crippen LogP contribution is 2.34. The van der Waals surface area contributed by atoms with E-state index in [0.29, 0.717) is 10.9 Å². The van der Waals surface area contributed by atoms with Crippen LogP contribution in [0.4, 0.5) is 5.00 Å². The summed E-state index contributed by atoms with van der Waals surface area (Å²) in [6.45, 7) is 5.38. The van der Waals surface area contributed by atoms with Gasteiger partial charge in [0.05, 0.1) is 5.00 Å². The van der Waals surface area contributed by atoms with Gasteiger partial charge in [-0.1, -0.05) is 0 Å². The third-order valence-electron chi connectivity index (χ3n) is 2.86. The summed E-state index contributed by atoms with van der Waals surface area (Å²) in [6.07, 6.45) is 2.64. The van der Waals surface area contributed by atoms with E-state index in [-0.39, 0.29) is 0 Å². The lowest BCUT2D eigenvalue weighted by atomic mass is 10.3. The molecule has 1 aromatic heterocycles. The molecule has 1 aliphatic carbocycles. The average molecular weight is 239 g/mol. The number of thiophene rings is 1. The molecule has 0 atom stereocenters. The maximum Gasteiger partial charge on any atom is 0.345 e. The van der Waals surface area contributed by atoms with E-state index in [0.717, 1.165) is 17.5 Å². The molecule has 0 aliphatic heterocycles. The van der Waals surface area contributed by atoms with Crippen molar-refractivity contribution >= 4 is 22.3 Å². The predicted molar refractivity (Wildman–Crippen MR) is 66.5 cm³/mol. The first-order valence-corrected chi connectivity index (χ1v) is 6.49. The van der Waals surface area contributed by atoms with Gasteiger partial charge in [0.2, 0.25) is 0 Å². The molecule has 1 fully saturated rings. The largest absolute Gasteiger partial charge is 0.477 e. The monoisotopic (exact) mass is 239 g/mol. The average Bonchev–Trinajstić information content (AvgIpc) is 2.89. The van der Waals surface area contributed by atoms with Crippen molar-refractivity contribution in [1.82, 2.24) is 0 Å². The predicted octanol–water partition coefficient (Wildman–Crippen LogP) is 3.07. The van der Waals surface area contributed by atoms with E-state index in [1.54, 1.807) is 6.07 Å². The first kappa shape index (κ1) is 11.5. The lowest BCUT2D eigenvalue weighted by Gasteiger charge is -2.27. The van der Waals surface area contributed by atoms with Crippen molar-refractivity contribution < 1.29 is 9.90 Å². The van der Waals surface area contributed by atoms with Gasteiger partial charge >= 0.3 is 5.97 Å². The van der Waals surface area contributed by atoms with Crippen LogP contribution in [0.5, 0.6) is 0 Å². The first-order chi connectivity index (χ1) is 7.58. The number of hydrogen-bond acceptors (Lipinski definition) is 3. The van der Waals surface area contributed by atoms with E-state index >= 15 is 0 Å². The molecule has 16 heavy (non-hydrogen) atoms. The zero-order valence-corrected chi connectivity index (χ0v) is 10.5. The van der Waals surface area contributed by atoms with Crippen molar-refractivity contribution in [3.8, 4) is 0 Å². The number of carbonyl (C=O) groups is 1. The smallest absolute Gasteiger partial charge is 0.345 e. The number of hydrogen-bond donors (Lipinski definition) is 1. The van der Waals surface area contributed by atoms with Gasteiger partial charge in [0.1, 0.15) is 4.88 Å². The Balaban J connectivity index is 2.13. The fourth-order valence-electron chi connectivity index (χ4n) is 1.73. The molecule has 3 nitrogen and oxygen atoms in total. The number of nitrogens with zero attached hydrogens (tertiary/aromatic N) is 1. The quantitative estimate of drug-likeness (QED) is 0.858. The van der Waals surface area contributed by atoms with Gasteiger partial charge in [-0.2, -0.15) is 0 Å². The van der Waals surface area contributed by atoms with Crippen LogP contribution in [0.1, 0.15) is 36.4 Å². The highest BCUT2D eigenvalue weighted by Gasteiger charge is 2.26. The molecule has 0 saturated heterocycles. The van der Waals surface area contributed by atoms with Crippen LogP contribution in [-0.4, -0.2) is 23.7 Å². The molecule has 1 N–H and O–H groups in total. The third kappa shape index (κ3) is 2.55. The van der Waals surface area contributed by atoms with Crippen molar-refractivity contribution in [2.45, 2.75) is 32.7 Å². The van der Waals surface area contributed by atoms with Crippen LogP contribution in [0.2, 0.25) is 0 Å². The minimum atomic E-state index is -0.827. The lowest BCUT2D eigenvalue weighted by molar-refractivity contribution is 0.0702. The van der Waals surface area contributed by atoms with Gasteiger partial charge < -0.3 is 10.0 Å². The molecule has 0 bridgehead atoms. The van der Waals surface area contributed by atoms with Gasteiger partial charge in [-0.3, -0.25) is 0 Å². The summed E-state index contributed by atoms with van der Waals surface area (Å²) >= 11 is 1.37. The molecule has 0 radical (unpaired) electrons. The fourth-order valence-corrected chi connectivity index (χ4v) is 2.72. The van der Waals surface area contributed by atoms with Crippen molar-refractivity contribution in [1.29, 1.82) is 0 Å². The van der Waals surface area contributed by atoms with Gasteiger partial charge in [0, 0.05) is 12.6 Å². The number of aromatic carboxylic acids is 1. The Morgan fingerprint density at radius 1 is 1.56 bits per heavy atom. The molecule has 88 valence electrons. The second-order valence-electron chi connectivity index (χ2n) is 4.63. The molecule has 0 aromatic carbocycles. The minimum Gasteiger partial charge on any atom is -0.477 e. The summed E-state index contributed by atoms with van der Waals surface area (Å²) in [7, 11) is 0. The Kier molecular flexibility index (Phi) is 3.19. The number of carboxylic acids is 1. The Morgan fingerprint density at radius 2 is 2.25 bits per heavy atom. The van der Waals surface area contributed by atoms with E-state index < -0.39 is 5.97 Å². The minimum absolute atomic E-state index is 0.427. The Hall–Kier alpha value is -1.03. The van der Waals surface area contributed by atoms with E-state index in [4.69, 9.17) is 5.11 Å². The van der Waals surface area contributed by atoms with Gasteiger partial charge in [0.15, 0.2) is 0 Å². The highest BCUT2D eigenvalue weighted by molar-refractivity contribution is 7.17. The van der Waals surface area contributed by atoms with Crippen LogP contribution in [0, 0.1) is 5.92 Å². The van der Waals surface area contributed by atoms with Crippen LogP contribution in [-0.2, 0) is 0 Å². The second kappa shape index (κ2) is 4.45. The van der Waals surface area contributed by atoms with Crippen molar-refractivity contribution in [2.75, 3.05) is 11.4 Å².